The first-order valence-electron chi connectivity index (χ1n) is 2.11. The van der Waals surface area contributed by atoms with Gasteiger partial charge in [-0.05, 0) is 0 Å². The Morgan fingerprint density at radius 1 is 1.60 bits per heavy atom. The van der Waals surface area contributed by atoms with Gasteiger partial charge in [0.1, 0.15) is 0 Å². The zero-order valence-electron chi connectivity index (χ0n) is 4.80. The summed E-state index contributed by atoms with van der Waals surface area (Å²) in [5.74, 6) is -0.752. The molecule has 0 heterocycles. The molecule has 0 aliphatic rings. The Morgan fingerprint density at radius 2 is 2.00 bits per heavy atom. The van der Waals surface area contributed by atoms with Gasteiger partial charge < -0.3 is 11.5 Å². The van der Waals surface area contributed by atoms with E-state index in [0.29, 0.717) is 0 Å². The van der Waals surface area contributed by atoms with E-state index in [2.05, 4.69) is 0 Å². The lowest BCUT2D eigenvalue weighted by Gasteiger charge is -1.93. The molecular formula is C3H5ClN4O2. The van der Waals surface area contributed by atoms with Gasteiger partial charge in [-0.25, -0.2) is 0 Å². The predicted octanol–water partition coefficient (Wildman–Crippen LogP) is -0.434. The molecule has 0 atom stereocenters. The zero-order valence-corrected chi connectivity index (χ0v) is 5.55. The maximum Gasteiger partial charge on any atom is 0.344 e. The van der Waals surface area contributed by atoms with E-state index in [4.69, 9.17) is 28.5 Å². The summed E-state index contributed by atoms with van der Waals surface area (Å²) in [6.45, 7) is 0. The van der Waals surface area contributed by atoms with Gasteiger partial charge in [0.2, 0.25) is 0 Å². The number of nitrogens with two attached hydrogens (primary N) is 2. The first-order chi connectivity index (χ1) is 4.46. The number of rotatable bonds is 2. The van der Waals surface area contributed by atoms with Crippen LogP contribution in [-0.4, -0.2) is 10.8 Å². The average molecular weight is 165 g/mol. The molecule has 0 aromatic rings. The highest BCUT2D eigenvalue weighted by molar-refractivity contribution is 6.31. The van der Waals surface area contributed by atoms with Gasteiger partial charge in [0, 0.05) is 0 Å². The van der Waals surface area contributed by atoms with Crippen molar-refractivity contribution in [1.82, 2.24) is 0 Å². The van der Waals surface area contributed by atoms with Crippen molar-refractivity contribution in [2.24, 2.45) is 11.5 Å². The molecule has 0 amide bonds. The van der Waals surface area contributed by atoms with Crippen LogP contribution in [-0.2, 0) is 0 Å². The first-order valence-corrected chi connectivity index (χ1v) is 2.48. The fraction of sp³-hybridized carbons (Fsp3) is 0. The van der Waals surface area contributed by atoms with Gasteiger partial charge in [-0.2, -0.15) is 0 Å². The van der Waals surface area contributed by atoms with E-state index in [0.717, 1.165) is 0 Å². The quantitative estimate of drug-likeness (QED) is 0.169. The van der Waals surface area contributed by atoms with Crippen molar-refractivity contribution in [3.8, 4) is 0 Å². The van der Waals surface area contributed by atoms with E-state index in [-0.39, 0.29) is 0 Å². The van der Waals surface area contributed by atoms with Crippen LogP contribution in [0.5, 0.6) is 0 Å². The molecule has 0 bridgehead atoms. The van der Waals surface area contributed by atoms with E-state index in [1.807, 2.05) is 0 Å². The van der Waals surface area contributed by atoms with Gasteiger partial charge in [0.25, 0.3) is 0 Å². The topological polar surface area (TPSA) is 119 Å². The SMILES string of the molecule is N=C(N)C(=C(N)Cl)[N+](=O)[O-]. The van der Waals surface area contributed by atoms with Crippen LogP contribution in [0.25, 0.3) is 0 Å². The molecule has 5 N–H and O–H groups in total. The summed E-state index contributed by atoms with van der Waals surface area (Å²) in [6.07, 6.45) is 0. The number of nitrogens with one attached hydrogen (secondary N) is 1. The number of hydrogen-bond acceptors (Lipinski definition) is 4. The Morgan fingerprint density at radius 3 is 2.00 bits per heavy atom. The van der Waals surface area contributed by atoms with E-state index in [9.17, 15) is 10.1 Å². The highest BCUT2D eigenvalue weighted by Gasteiger charge is 2.18. The Bertz CT molecular complexity index is 191. The molecule has 0 aliphatic heterocycles. The van der Waals surface area contributed by atoms with Crippen LogP contribution in [0.1, 0.15) is 0 Å². The average Bonchev–Trinajstić information content (AvgIpc) is 1.59. The Labute approximate surface area is 61.1 Å². The van der Waals surface area contributed by atoms with Crippen LogP contribution in [0.3, 0.4) is 0 Å². The van der Waals surface area contributed by atoms with Crippen molar-refractivity contribution in [3.63, 3.8) is 0 Å². The zero-order chi connectivity index (χ0) is 8.31. The van der Waals surface area contributed by atoms with E-state index in [1.165, 1.54) is 0 Å². The highest BCUT2D eigenvalue weighted by atomic mass is 35.5. The lowest BCUT2D eigenvalue weighted by Crippen LogP contribution is -2.22. The summed E-state index contributed by atoms with van der Waals surface area (Å²) in [5.41, 5.74) is 8.82. The van der Waals surface area contributed by atoms with Gasteiger partial charge in [-0.1, -0.05) is 11.6 Å². The third-order valence-corrected chi connectivity index (χ3v) is 0.843. The van der Waals surface area contributed by atoms with Gasteiger partial charge in [0.15, 0.2) is 11.0 Å². The molecule has 0 aromatic heterocycles. The van der Waals surface area contributed by atoms with Crippen LogP contribution in [0.2, 0.25) is 0 Å². The van der Waals surface area contributed by atoms with Crippen LogP contribution in [0.4, 0.5) is 0 Å². The van der Waals surface area contributed by atoms with E-state index < -0.39 is 21.6 Å². The monoisotopic (exact) mass is 164 g/mol. The normalized spacial score (nSPS) is 12.1. The second kappa shape index (κ2) is 3.02. The Kier molecular flexibility index (Phi) is 2.63. The summed E-state index contributed by atoms with van der Waals surface area (Å²) in [4.78, 5) is 9.03. The lowest BCUT2D eigenvalue weighted by molar-refractivity contribution is -0.416. The fourth-order valence-electron chi connectivity index (χ4n) is 0.314. The largest absolute Gasteiger partial charge is 0.384 e. The summed E-state index contributed by atoms with van der Waals surface area (Å²) >= 11 is 5.03. The van der Waals surface area contributed by atoms with Crippen molar-refractivity contribution in [2.45, 2.75) is 0 Å². The third-order valence-electron chi connectivity index (χ3n) is 0.664. The minimum atomic E-state index is -0.912. The molecule has 0 rings (SSSR count). The maximum atomic E-state index is 9.94. The number of halogens is 1. The molecule has 0 saturated carbocycles. The minimum Gasteiger partial charge on any atom is -0.384 e. The summed E-state index contributed by atoms with van der Waals surface area (Å²) in [7, 11) is 0. The number of nitro groups is 1. The fourth-order valence-corrected chi connectivity index (χ4v) is 0.485. The molecule has 0 aromatic carbocycles. The highest BCUT2D eigenvalue weighted by Crippen LogP contribution is 2.02. The molecule has 0 spiro atoms. The third kappa shape index (κ3) is 1.90. The molecule has 0 fully saturated rings. The van der Waals surface area contributed by atoms with Crippen molar-refractivity contribution in [1.29, 1.82) is 5.41 Å². The van der Waals surface area contributed by atoms with Gasteiger partial charge in [-0.15, -0.1) is 0 Å². The molecular weight excluding hydrogens is 160 g/mol. The predicted molar refractivity (Wildman–Crippen MR) is 36.0 cm³/mol. The maximum absolute atomic E-state index is 9.94. The second-order valence-electron chi connectivity index (χ2n) is 1.37. The molecule has 6 nitrogen and oxygen atoms in total. The molecule has 56 valence electrons. The molecule has 0 aliphatic carbocycles. The van der Waals surface area contributed by atoms with Crippen molar-refractivity contribution >= 4 is 17.4 Å². The molecule has 0 radical (unpaired) electrons. The van der Waals surface area contributed by atoms with Crippen molar-refractivity contribution in [3.05, 3.63) is 21.0 Å². The number of nitrogens with zero attached hydrogens (tertiary/aromatic N) is 1. The number of amidine groups is 1. The Hall–Kier alpha value is -1.30. The smallest absolute Gasteiger partial charge is 0.344 e. The Balaban J connectivity index is 4.79. The first kappa shape index (κ1) is 8.70. The van der Waals surface area contributed by atoms with Gasteiger partial charge >= 0.3 is 5.70 Å². The molecule has 0 saturated heterocycles. The second-order valence-corrected chi connectivity index (χ2v) is 1.77. The summed E-state index contributed by atoms with van der Waals surface area (Å²) < 4.78 is 0. The van der Waals surface area contributed by atoms with Crippen LogP contribution in [0, 0.1) is 15.5 Å². The summed E-state index contributed by atoms with van der Waals surface area (Å²) in [5, 5.41) is 16.0. The standard InChI is InChI=1S/C3H5ClN4O2/c4-2(5)1(3(6)7)8(9)10/h5H2,(H3,6,7). The molecule has 0 unspecified atom stereocenters. The molecule has 10 heavy (non-hydrogen) atoms. The lowest BCUT2D eigenvalue weighted by atomic mass is 10.4. The minimum absolute atomic E-state index is 0.586. The van der Waals surface area contributed by atoms with E-state index in [1.54, 1.807) is 0 Å². The van der Waals surface area contributed by atoms with Crippen molar-refractivity contribution < 1.29 is 4.92 Å². The van der Waals surface area contributed by atoms with Gasteiger partial charge in [0.05, 0.1) is 4.92 Å². The van der Waals surface area contributed by atoms with Crippen LogP contribution in [0.15, 0.2) is 10.9 Å². The molecule has 7 heteroatoms. The number of hydrogen-bond donors (Lipinski definition) is 3. The van der Waals surface area contributed by atoms with Crippen molar-refractivity contribution in [2.75, 3.05) is 0 Å². The summed E-state index contributed by atoms with van der Waals surface area (Å²) in [6, 6.07) is 0. The van der Waals surface area contributed by atoms with Crippen LogP contribution >= 0.6 is 11.6 Å². The van der Waals surface area contributed by atoms with Gasteiger partial charge in [-0.3, -0.25) is 15.5 Å². The van der Waals surface area contributed by atoms with E-state index >= 15 is 0 Å². The van der Waals surface area contributed by atoms with Crippen LogP contribution < -0.4 is 11.5 Å².